The van der Waals surface area contributed by atoms with Crippen LogP contribution in [0.15, 0.2) is 18.2 Å². The van der Waals surface area contributed by atoms with Gasteiger partial charge in [0.2, 0.25) is 0 Å². The average molecular weight is 262 g/mol. The summed E-state index contributed by atoms with van der Waals surface area (Å²) >= 11 is 0. The molecule has 0 bridgehead atoms. The molecule has 0 spiro atoms. The fourth-order valence-electron chi connectivity index (χ4n) is 2.57. The number of nitrogens with one attached hydrogen (secondary N) is 1. The molecule has 0 unspecified atom stereocenters. The van der Waals surface area contributed by atoms with Gasteiger partial charge in [0.1, 0.15) is 0 Å². The molecule has 1 aliphatic carbocycles. The van der Waals surface area contributed by atoms with E-state index in [-0.39, 0.29) is 5.91 Å². The molecule has 2 fully saturated rings. The molecule has 0 radical (unpaired) electrons. The Kier molecular flexibility index (Phi) is 3.40. The molecule has 2 aliphatic rings. The quantitative estimate of drug-likeness (QED) is 0.639. The van der Waals surface area contributed by atoms with Crippen LogP contribution in [-0.2, 0) is 0 Å². The summed E-state index contributed by atoms with van der Waals surface area (Å²) in [5.41, 5.74) is 1.76. The summed E-state index contributed by atoms with van der Waals surface area (Å²) in [4.78, 5) is 18.7. The third-order valence-corrected chi connectivity index (χ3v) is 3.78. The minimum Gasteiger partial charge on any atom is -0.340 e. The van der Waals surface area contributed by atoms with E-state index in [0.29, 0.717) is 17.2 Å². The van der Waals surface area contributed by atoms with Crippen LogP contribution in [-0.4, -0.2) is 42.2 Å². The first-order valence-electron chi connectivity index (χ1n) is 6.75. The fourth-order valence-corrected chi connectivity index (χ4v) is 2.57. The van der Waals surface area contributed by atoms with E-state index in [1.54, 1.807) is 12.1 Å². The number of hydrogen-bond acceptors (Lipinski definition) is 4. The number of benzene rings is 1. The molecular weight excluding hydrogens is 244 g/mol. The van der Waals surface area contributed by atoms with Crippen molar-refractivity contribution in [3.63, 3.8) is 0 Å². The van der Waals surface area contributed by atoms with Gasteiger partial charge in [0, 0.05) is 31.7 Å². The van der Waals surface area contributed by atoms with E-state index < -0.39 is 0 Å². The Labute approximate surface area is 112 Å². The summed E-state index contributed by atoms with van der Waals surface area (Å²) in [5.74, 6) is 0.861. The molecule has 1 amide bonds. The van der Waals surface area contributed by atoms with E-state index in [1.807, 2.05) is 11.0 Å². The van der Waals surface area contributed by atoms with Crippen LogP contribution >= 0.6 is 0 Å². The van der Waals surface area contributed by atoms with E-state index >= 15 is 0 Å². The third-order valence-electron chi connectivity index (χ3n) is 3.78. The third kappa shape index (κ3) is 2.57. The molecule has 3 rings (SSSR count). The highest BCUT2D eigenvalue weighted by molar-refractivity contribution is 5.96. The van der Waals surface area contributed by atoms with Crippen molar-refractivity contribution in [2.45, 2.75) is 18.8 Å². The van der Waals surface area contributed by atoms with Crippen LogP contribution in [0.4, 0.5) is 0 Å². The topological polar surface area (TPSA) is 61.8 Å². The first-order chi connectivity index (χ1) is 9.29. The van der Waals surface area contributed by atoms with Gasteiger partial charge in [0.05, 0.1) is 0 Å². The van der Waals surface area contributed by atoms with Crippen LogP contribution in [0.5, 0.6) is 5.75 Å². The molecule has 1 aromatic rings. The second-order valence-corrected chi connectivity index (χ2v) is 5.16. The zero-order valence-electron chi connectivity index (χ0n) is 10.8. The first-order valence-corrected chi connectivity index (χ1v) is 6.75. The first kappa shape index (κ1) is 12.4. The van der Waals surface area contributed by atoms with Crippen LogP contribution in [0.2, 0.25) is 0 Å². The second-order valence-electron chi connectivity index (χ2n) is 5.16. The van der Waals surface area contributed by atoms with Crippen LogP contribution in [0, 0.1) is 0 Å². The van der Waals surface area contributed by atoms with Gasteiger partial charge in [-0.2, -0.15) is 0 Å². The molecule has 0 aromatic heterocycles. The average Bonchev–Trinajstić information content (AvgIpc) is 3.31. The Morgan fingerprint density at radius 1 is 1.32 bits per heavy atom. The summed E-state index contributed by atoms with van der Waals surface area (Å²) in [6, 6.07) is 5.26. The maximum Gasteiger partial charge on any atom is 0.254 e. The highest BCUT2D eigenvalue weighted by Crippen LogP contribution is 2.42. The van der Waals surface area contributed by atoms with E-state index in [9.17, 15) is 4.79 Å². The van der Waals surface area contributed by atoms with Crippen molar-refractivity contribution in [3.8, 4) is 5.75 Å². The summed E-state index contributed by atoms with van der Waals surface area (Å²) in [7, 11) is 0. The van der Waals surface area contributed by atoms with Gasteiger partial charge in [-0.25, -0.2) is 5.26 Å². The molecule has 2 N–H and O–H groups in total. The zero-order chi connectivity index (χ0) is 13.2. The van der Waals surface area contributed by atoms with Crippen LogP contribution in [0.3, 0.4) is 0 Å². The molecular formula is C14H18N2O3. The predicted octanol–water partition coefficient (Wildman–Crippen LogP) is 1.46. The summed E-state index contributed by atoms with van der Waals surface area (Å²) < 4.78 is 0. The molecule has 1 saturated carbocycles. The molecule has 0 atom stereocenters. The van der Waals surface area contributed by atoms with E-state index in [1.165, 1.54) is 0 Å². The van der Waals surface area contributed by atoms with Gasteiger partial charge in [-0.1, -0.05) is 6.07 Å². The molecule has 102 valence electrons. The smallest absolute Gasteiger partial charge is 0.254 e. The van der Waals surface area contributed by atoms with Gasteiger partial charge < -0.3 is 15.1 Å². The standard InChI is InChI=1S/C14H18N2O3/c17-14(16-7-5-15-6-8-16)13-9-11(19-18)3-4-12(13)10-1-2-10/h3-4,9-10,15,18H,1-2,5-8H2. The molecule has 19 heavy (non-hydrogen) atoms. The van der Waals surface area contributed by atoms with Crippen molar-refractivity contribution in [1.82, 2.24) is 10.2 Å². The van der Waals surface area contributed by atoms with Crippen LogP contribution in [0.25, 0.3) is 0 Å². The molecule has 1 heterocycles. The van der Waals surface area contributed by atoms with Crippen molar-refractivity contribution in [3.05, 3.63) is 29.3 Å². The van der Waals surface area contributed by atoms with Gasteiger partial charge in [-0.15, -0.1) is 0 Å². The van der Waals surface area contributed by atoms with Gasteiger partial charge in [-0.05, 0) is 36.5 Å². The molecule has 1 aliphatic heterocycles. The van der Waals surface area contributed by atoms with Crippen molar-refractivity contribution in [1.29, 1.82) is 0 Å². The lowest BCUT2D eigenvalue weighted by molar-refractivity contribution is -0.137. The lowest BCUT2D eigenvalue weighted by Crippen LogP contribution is -2.46. The Hall–Kier alpha value is -1.59. The van der Waals surface area contributed by atoms with E-state index in [4.69, 9.17) is 5.26 Å². The summed E-state index contributed by atoms with van der Waals surface area (Å²) in [6.45, 7) is 3.13. The number of carbonyl (C=O) groups excluding carboxylic acids is 1. The highest BCUT2D eigenvalue weighted by Gasteiger charge is 2.30. The number of hydrogen-bond donors (Lipinski definition) is 2. The van der Waals surface area contributed by atoms with Gasteiger partial charge >= 0.3 is 0 Å². The predicted molar refractivity (Wildman–Crippen MR) is 70.4 cm³/mol. The van der Waals surface area contributed by atoms with Gasteiger partial charge in [0.15, 0.2) is 5.75 Å². The number of piperazine rings is 1. The molecule has 5 heteroatoms. The van der Waals surface area contributed by atoms with Gasteiger partial charge in [-0.3, -0.25) is 4.79 Å². The number of nitrogens with zero attached hydrogens (tertiary/aromatic N) is 1. The Morgan fingerprint density at radius 2 is 2.05 bits per heavy atom. The van der Waals surface area contributed by atoms with Crippen molar-refractivity contribution < 1.29 is 14.9 Å². The Morgan fingerprint density at radius 3 is 2.68 bits per heavy atom. The number of amides is 1. The number of rotatable bonds is 3. The Balaban J connectivity index is 1.89. The normalized spacial score (nSPS) is 19.3. The van der Waals surface area contributed by atoms with Crippen LogP contribution in [0.1, 0.15) is 34.7 Å². The van der Waals surface area contributed by atoms with Crippen LogP contribution < -0.4 is 10.2 Å². The lowest BCUT2D eigenvalue weighted by atomic mass is 10.0. The molecule has 1 aromatic carbocycles. The van der Waals surface area contributed by atoms with Crippen molar-refractivity contribution in [2.75, 3.05) is 26.2 Å². The molecule has 1 saturated heterocycles. The maximum atomic E-state index is 12.6. The lowest BCUT2D eigenvalue weighted by Gasteiger charge is -2.28. The maximum absolute atomic E-state index is 12.6. The highest BCUT2D eigenvalue weighted by atomic mass is 17.1. The fraction of sp³-hybridized carbons (Fsp3) is 0.500. The SMILES string of the molecule is O=C(c1cc(OO)ccc1C1CC1)N1CCNCC1. The largest absolute Gasteiger partial charge is 0.340 e. The Bertz CT molecular complexity index is 480. The van der Waals surface area contributed by atoms with Gasteiger partial charge in [0.25, 0.3) is 5.91 Å². The van der Waals surface area contributed by atoms with E-state index in [0.717, 1.165) is 44.6 Å². The summed E-state index contributed by atoms with van der Waals surface area (Å²) in [6.07, 6.45) is 2.28. The number of carbonyl (C=O) groups is 1. The minimum absolute atomic E-state index is 0.0438. The summed E-state index contributed by atoms with van der Waals surface area (Å²) in [5, 5.41) is 12.0. The van der Waals surface area contributed by atoms with Crippen molar-refractivity contribution in [2.24, 2.45) is 0 Å². The monoisotopic (exact) mass is 262 g/mol. The van der Waals surface area contributed by atoms with Crippen molar-refractivity contribution >= 4 is 5.91 Å². The minimum atomic E-state index is 0.0438. The molecule has 5 nitrogen and oxygen atoms in total. The zero-order valence-corrected chi connectivity index (χ0v) is 10.8. The second kappa shape index (κ2) is 5.19. The van der Waals surface area contributed by atoms with E-state index in [2.05, 4.69) is 10.2 Å².